The van der Waals surface area contributed by atoms with Gasteiger partial charge in [0.2, 0.25) is 0 Å². The van der Waals surface area contributed by atoms with Crippen molar-refractivity contribution in [2.75, 3.05) is 0 Å². The lowest BCUT2D eigenvalue weighted by Gasteiger charge is -2.21. The first kappa shape index (κ1) is 43.2. The molecule has 0 fully saturated rings. The Morgan fingerprint density at radius 3 is 1.29 bits per heavy atom. The maximum absolute atomic E-state index is 14.9. The Bertz CT molecular complexity index is 4100. The number of halogens is 6. The highest BCUT2D eigenvalue weighted by atomic mass is 19.4. The Morgan fingerprint density at radius 1 is 0.329 bits per heavy atom. The molecule has 0 aliphatic carbocycles. The fraction of sp³-hybridized carbons (Fsp3) is 0.0339. The van der Waals surface area contributed by atoms with E-state index in [2.05, 4.69) is 28.8 Å². The van der Waals surface area contributed by atoms with Crippen LogP contribution < -0.4 is 0 Å². The molecule has 0 atom stereocenters. The quantitative estimate of drug-likeness (QED) is 0.156. The molecule has 2 aromatic heterocycles. The molecule has 0 spiro atoms. The monoisotopic (exact) mass is 923 g/mol. The van der Waals surface area contributed by atoms with Gasteiger partial charge in [-0.2, -0.15) is 42.1 Å². The van der Waals surface area contributed by atoms with Crippen LogP contribution in [-0.4, -0.2) is 9.13 Å². The number of nitrogens with zero attached hydrogens (tertiary/aromatic N) is 5. The number of aromatic nitrogens is 2. The van der Waals surface area contributed by atoms with Gasteiger partial charge in [-0.25, -0.2) is 0 Å². The fourth-order valence-electron chi connectivity index (χ4n) is 9.69. The van der Waals surface area contributed by atoms with E-state index < -0.39 is 29.0 Å². The van der Waals surface area contributed by atoms with E-state index in [1.807, 2.05) is 114 Å². The van der Waals surface area contributed by atoms with E-state index in [9.17, 15) is 42.1 Å². The number of rotatable bonds is 6. The minimum Gasteiger partial charge on any atom is -0.309 e. The summed E-state index contributed by atoms with van der Waals surface area (Å²) in [6.45, 7) is 0. The Balaban J connectivity index is 1.22. The summed E-state index contributed by atoms with van der Waals surface area (Å²) in [7, 11) is 0. The zero-order chi connectivity index (χ0) is 48.5. The lowest BCUT2D eigenvalue weighted by atomic mass is 9.92. The lowest BCUT2D eigenvalue weighted by Crippen LogP contribution is -2.12. The summed E-state index contributed by atoms with van der Waals surface area (Å²) in [4.78, 5) is 0. The topological polar surface area (TPSA) is 81.2 Å². The van der Waals surface area contributed by atoms with Gasteiger partial charge in [-0.1, -0.05) is 97.1 Å². The van der Waals surface area contributed by atoms with Crippen LogP contribution in [0.25, 0.3) is 99.5 Å². The van der Waals surface area contributed by atoms with Crippen molar-refractivity contribution in [2.24, 2.45) is 0 Å². The smallest absolute Gasteiger partial charge is 0.309 e. The molecule has 0 saturated heterocycles. The van der Waals surface area contributed by atoms with Crippen molar-refractivity contribution in [1.82, 2.24) is 9.13 Å². The van der Waals surface area contributed by atoms with Gasteiger partial charge >= 0.3 is 12.4 Å². The van der Waals surface area contributed by atoms with Crippen LogP contribution in [-0.2, 0) is 12.4 Å². The molecule has 0 radical (unpaired) electrons. The standard InChI is InChI=1S/C59H31F6N5/c60-58(61,62)43-19-22-44(51(31-43)59(63,64)65)42-16-21-48(57(30-42)70-53-14-4-2-12-46(53)50-29-41(18-24-55(50)70)39-10-6-8-36(26-39)33-67)47-20-15-37(34-68)27-56(47)69-52-13-3-1-11-45(52)49-28-40(17-23-54(49)69)38-9-5-7-35(25-38)32-66/h1-31H. The van der Waals surface area contributed by atoms with E-state index in [1.165, 1.54) is 6.07 Å². The van der Waals surface area contributed by atoms with Gasteiger partial charge in [0.05, 0.1) is 79.5 Å². The summed E-state index contributed by atoms with van der Waals surface area (Å²) < 4.78 is 90.7. The minimum absolute atomic E-state index is 0.0238. The van der Waals surface area contributed by atoms with Crippen molar-refractivity contribution in [3.63, 3.8) is 0 Å². The predicted molar refractivity (Wildman–Crippen MR) is 261 cm³/mol. The molecule has 2 heterocycles. The summed E-state index contributed by atoms with van der Waals surface area (Å²) >= 11 is 0. The van der Waals surface area contributed by atoms with Gasteiger partial charge in [0.1, 0.15) is 0 Å². The number of benzene rings is 9. The largest absolute Gasteiger partial charge is 0.417 e. The number of hydrogen-bond donors (Lipinski definition) is 0. The number of para-hydroxylation sites is 2. The maximum Gasteiger partial charge on any atom is 0.417 e. The third kappa shape index (κ3) is 7.27. The highest BCUT2D eigenvalue weighted by molar-refractivity contribution is 6.13. The molecule has 334 valence electrons. The van der Waals surface area contributed by atoms with E-state index >= 15 is 0 Å². The molecule has 11 aromatic rings. The van der Waals surface area contributed by atoms with E-state index in [1.54, 1.807) is 48.5 Å². The second-order valence-electron chi connectivity index (χ2n) is 16.9. The lowest BCUT2D eigenvalue weighted by molar-refractivity contribution is -0.142. The van der Waals surface area contributed by atoms with Crippen molar-refractivity contribution < 1.29 is 26.3 Å². The minimum atomic E-state index is -5.14. The van der Waals surface area contributed by atoms with Crippen LogP contribution >= 0.6 is 0 Å². The molecule has 0 aliphatic rings. The summed E-state index contributed by atoms with van der Waals surface area (Å²) in [5, 5.41) is 33.1. The SMILES string of the molecule is N#Cc1cccc(-c2ccc3c(c2)c2ccccc2n3-c2cc(C#N)ccc2-c2ccc(-c3ccc(C(F)(F)F)cc3C(F)(F)F)cc2-n2c3ccccc3c3cc(-c4cccc(C#N)c4)ccc32)c1. The van der Waals surface area contributed by atoms with E-state index in [4.69, 9.17) is 0 Å². The molecule has 0 amide bonds. The van der Waals surface area contributed by atoms with Crippen LogP contribution in [0, 0.1) is 34.0 Å². The summed E-state index contributed by atoms with van der Waals surface area (Å²) in [6.07, 6.45) is -10.2. The molecule has 11 rings (SSSR count). The molecular weight excluding hydrogens is 893 g/mol. The second kappa shape index (κ2) is 16.4. The van der Waals surface area contributed by atoms with Gasteiger partial charge in [-0.15, -0.1) is 0 Å². The summed E-state index contributed by atoms with van der Waals surface area (Å²) in [5.41, 5.74) is 6.57. The Labute approximate surface area is 395 Å². The zero-order valence-corrected chi connectivity index (χ0v) is 36.4. The first-order valence-electron chi connectivity index (χ1n) is 21.9. The molecule has 0 N–H and O–H groups in total. The Morgan fingerprint density at radius 2 is 0.771 bits per heavy atom. The first-order valence-corrected chi connectivity index (χ1v) is 21.9. The third-order valence-electron chi connectivity index (χ3n) is 12.9. The van der Waals surface area contributed by atoms with Crippen LogP contribution in [0.4, 0.5) is 26.3 Å². The predicted octanol–water partition coefficient (Wildman–Crippen LogP) is 16.2. The molecule has 0 aliphatic heterocycles. The van der Waals surface area contributed by atoms with Gasteiger partial charge in [-0.05, 0) is 124 Å². The normalized spacial score (nSPS) is 11.8. The van der Waals surface area contributed by atoms with Crippen LogP contribution in [0.2, 0.25) is 0 Å². The number of fused-ring (bicyclic) bond motifs is 6. The van der Waals surface area contributed by atoms with Crippen molar-refractivity contribution in [3.05, 3.63) is 216 Å². The Hall–Kier alpha value is -9.37. The first-order chi connectivity index (χ1) is 33.8. The molecule has 5 nitrogen and oxygen atoms in total. The summed E-state index contributed by atoms with van der Waals surface area (Å²) in [5.74, 6) is 0. The van der Waals surface area contributed by atoms with Gasteiger partial charge in [0.15, 0.2) is 0 Å². The molecule has 70 heavy (non-hydrogen) atoms. The molecule has 9 aromatic carbocycles. The highest BCUT2D eigenvalue weighted by Gasteiger charge is 2.38. The van der Waals surface area contributed by atoms with E-state index in [0.717, 1.165) is 60.9 Å². The zero-order valence-electron chi connectivity index (χ0n) is 36.4. The molecule has 11 heteroatoms. The van der Waals surface area contributed by atoms with E-state index in [-0.39, 0.29) is 11.6 Å². The van der Waals surface area contributed by atoms with Crippen LogP contribution in [0.3, 0.4) is 0 Å². The number of alkyl halides is 6. The molecule has 0 saturated carbocycles. The average molecular weight is 924 g/mol. The van der Waals surface area contributed by atoms with Gasteiger partial charge < -0.3 is 9.13 Å². The van der Waals surface area contributed by atoms with Gasteiger partial charge in [0.25, 0.3) is 0 Å². The number of nitriles is 3. The molecular formula is C59H31F6N5. The van der Waals surface area contributed by atoms with Crippen molar-refractivity contribution in [3.8, 4) is 74.1 Å². The maximum atomic E-state index is 14.9. The van der Waals surface area contributed by atoms with Gasteiger partial charge in [-0.3, -0.25) is 0 Å². The second-order valence-corrected chi connectivity index (χ2v) is 16.9. The van der Waals surface area contributed by atoms with Crippen molar-refractivity contribution in [1.29, 1.82) is 15.8 Å². The van der Waals surface area contributed by atoms with Crippen LogP contribution in [0.15, 0.2) is 188 Å². The van der Waals surface area contributed by atoms with E-state index in [0.29, 0.717) is 56.3 Å². The molecule has 0 unspecified atom stereocenters. The van der Waals surface area contributed by atoms with Crippen molar-refractivity contribution in [2.45, 2.75) is 12.4 Å². The molecule has 0 bridgehead atoms. The average Bonchev–Trinajstić information content (AvgIpc) is 3.89. The van der Waals surface area contributed by atoms with Crippen molar-refractivity contribution >= 4 is 43.6 Å². The summed E-state index contributed by atoms with van der Waals surface area (Å²) in [6, 6.07) is 60.1. The number of hydrogen-bond acceptors (Lipinski definition) is 3. The van der Waals surface area contributed by atoms with Crippen LogP contribution in [0.5, 0.6) is 0 Å². The third-order valence-corrected chi connectivity index (χ3v) is 12.9. The Kier molecular flexibility index (Phi) is 10.2. The van der Waals surface area contributed by atoms with Crippen LogP contribution in [0.1, 0.15) is 27.8 Å². The fourth-order valence-corrected chi connectivity index (χ4v) is 9.69. The van der Waals surface area contributed by atoms with Gasteiger partial charge in [0, 0.05) is 32.7 Å². The highest BCUT2D eigenvalue weighted by Crippen LogP contribution is 2.46.